The van der Waals surface area contributed by atoms with E-state index in [2.05, 4.69) is 29.4 Å². The molecule has 0 aliphatic carbocycles. The van der Waals surface area contributed by atoms with Crippen LogP contribution in [0.3, 0.4) is 0 Å². The number of aryl methyl sites for hydroxylation is 2. The van der Waals surface area contributed by atoms with Gasteiger partial charge in [-0.3, -0.25) is 5.10 Å². The SMILES string of the molecule is Cc1[nH]ncc1CCCNC(C)CN. The summed E-state index contributed by atoms with van der Waals surface area (Å²) in [5, 5.41) is 10.3. The molecule has 0 aliphatic heterocycles. The number of aromatic amines is 1. The summed E-state index contributed by atoms with van der Waals surface area (Å²) in [5.74, 6) is 0. The number of nitrogens with one attached hydrogen (secondary N) is 2. The normalized spacial score (nSPS) is 13.1. The zero-order valence-corrected chi connectivity index (χ0v) is 9.01. The van der Waals surface area contributed by atoms with Crippen molar-refractivity contribution in [3.63, 3.8) is 0 Å². The third kappa shape index (κ3) is 3.47. The molecule has 0 saturated carbocycles. The molecule has 14 heavy (non-hydrogen) atoms. The first-order valence-electron chi connectivity index (χ1n) is 5.16. The number of nitrogens with two attached hydrogens (primary N) is 1. The Bertz CT molecular complexity index is 256. The highest BCUT2D eigenvalue weighted by Crippen LogP contribution is 2.04. The average Bonchev–Trinajstić information content (AvgIpc) is 2.58. The van der Waals surface area contributed by atoms with E-state index in [1.165, 1.54) is 11.3 Å². The molecule has 1 atom stereocenters. The van der Waals surface area contributed by atoms with Crippen molar-refractivity contribution in [3.8, 4) is 0 Å². The molecule has 0 bridgehead atoms. The molecule has 1 unspecified atom stereocenters. The highest BCUT2D eigenvalue weighted by Gasteiger charge is 2.00. The molecular weight excluding hydrogens is 176 g/mol. The molecule has 4 nitrogen and oxygen atoms in total. The van der Waals surface area contributed by atoms with E-state index in [0.717, 1.165) is 19.4 Å². The minimum Gasteiger partial charge on any atom is -0.329 e. The Labute approximate surface area is 85.3 Å². The van der Waals surface area contributed by atoms with Crippen molar-refractivity contribution in [1.29, 1.82) is 0 Å². The molecule has 0 fully saturated rings. The van der Waals surface area contributed by atoms with E-state index in [9.17, 15) is 0 Å². The van der Waals surface area contributed by atoms with Crippen LogP contribution in [0.1, 0.15) is 24.6 Å². The monoisotopic (exact) mass is 196 g/mol. The number of H-pyrrole nitrogens is 1. The Balaban J connectivity index is 2.13. The Morgan fingerprint density at radius 1 is 1.64 bits per heavy atom. The second-order valence-corrected chi connectivity index (χ2v) is 3.71. The van der Waals surface area contributed by atoms with Crippen molar-refractivity contribution >= 4 is 0 Å². The van der Waals surface area contributed by atoms with E-state index in [1.54, 1.807) is 0 Å². The summed E-state index contributed by atoms with van der Waals surface area (Å²) < 4.78 is 0. The molecule has 0 aliphatic rings. The van der Waals surface area contributed by atoms with Crippen LogP contribution in [0.25, 0.3) is 0 Å². The molecular formula is C10H20N4. The van der Waals surface area contributed by atoms with Gasteiger partial charge in [0.05, 0.1) is 6.20 Å². The van der Waals surface area contributed by atoms with Crippen molar-refractivity contribution in [2.24, 2.45) is 5.73 Å². The predicted molar refractivity (Wildman–Crippen MR) is 58.2 cm³/mol. The van der Waals surface area contributed by atoms with Gasteiger partial charge in [-0.1, -0.05) is 0 Å². The molecule has 0 amide bonds. The predicted octanol–water partition coefficient (Wildman–Crippen LogP) is 0.588. The molecule has 4 heteroatoms. The first-order chi connectivity index (χ1) is 6.74. The summed E-state index contributed by atoms with van der Waals surface area (Å²) in [6.45, 7) is 5.87. The van der Waals surface area contributed by atoms with Crippen LogP contribution in [0.4, 0.5) is 0 Å². The average molecular weight is 196 g/mol. The van der Waals surface area contributed by atoms with Crippen LogP contribution in [0.5, 0.6) is 0 Å². The highest BCUT2D eigenvalue weighted by molar-refractivity contribution is 5.14. The summed E-state index contributed by atoms with van der Waals surface area (Å²) in [6.07, 6.45) is 4.11. The molecule has 1 aromatic rings. The fourth-order valence-electron chi connectivity index (χ4n) is 1.34. The minimum atomic E-state index is 0.417. The summed E-state index contributed by atoms with van der Waals surface area (Å²) in [7, 11) is 0. The van der Waals surface area contributed by atoms with E-state index >= 15 is 0 Å². The quantitative estimate of drug-likeness (QED) is 0.583. The smallest absolute Gasteiger partial charge is 0.0522 e. The highest BCUT2D eigenvalue weighted by atomic mass is 15.1. The van der Waals surface area contributed by atoms with Gasteiger partial charge in [-0.2, -0.15) is 5.10 Å². The van der Waals surface area contributed by atoms with E-state index in [-0.39, 0.29) is 0 Å². The van der Waals surface area contributed by atoms with Crippen molar-refractivity contribution in [2.45, 2.75) is 32.7 Å². The number of rotatable bonds is 6. The van der Waals surface area contributed by atoms with Gasteiger partial charge in [0.15, 0.2) is 0 Å². The summed E-state index contributed by atoms with van der Waals surface area (Å²) in [6, 6.07) is 0.417. The van der Waals surface area contributed by atoms with Crippen LogP contribution in [-0.4, -0.2) is 29.3 Å². The standard InChI is InChI=1S/C10H20N4/c1-8(6-11)12-5-3-4-10-7-13-14-9(10)2/h7-8,12H,3-6,11H2,1-2H3,(H,13,14). The number of hydrogen-bond donors (Lipinski definition) is 3. The van der Waals surface area contributed by atoms with Gasteiger partial charge in [0, 0.05) is 18.3 Å². The summed E-state index contributed by atoms with van der Waals surface area (Å²) >= 11 is 0. The molecule has 0 spiro atoms. The van der Waals surface area contributed by atoms with Gasteiger partial charge in [-0.05, 0) is 38.8 Å². The minimum absolute atomic E-state index is 0.417. The van der Waals surface area contributed by atoms with Crippen LogP contribution >= 0.6 is 0 Å². The zero-order chi connectivity index (χ0) is 10.4. The van der Waals surface area contributed by atoms with E-state index < -0.39 is 0 Å². The van der Waals surface area contributed by atoms with Gasteiger partial charge in [-0.25, -0.2) is 0 Å². The third-order valence-electron chi connectivity index (χ3n) is 2.40. The first-order valence-corrected chi connectivity index (χ1v) is 5.16. The van der Waals surface area contributed by atoms with Crippen LogP contribution in [0.15, 0.2) is 6.20 Å². The molecule has 0 radical (unpaired) electrons. The van der Waals surface area contributed by atoms with Crippen molar-refractivity contribution in [2.75, 3.05) is 13.1 Å². The lowest BCUT2D eigenvalue weighted by Gasteiger charge is -2.10. The summed E-state index contributed by atoms with van der Waals surface area (Å²) in [5.41, 5.74) is 7.99. The van der Waals surface area contributed by atoms with Gasteiger partial charge in [0.25, 0.3) is 0 Å². The Kier molecular flexibility index (Phi) is 4.62. The lowest BCUT2D eigenvalue weighted by Crippen LogP contribution is -2.33. The maximum absolute atomic E-state index is 5.50. The Hall–Kier alpha value is -0.870. The van der Waals surface area contributed by atoms with Crippen molar-refractivity contribution in [3.05, 3.63) is 17.5 Å². The molecule has 0 aromatic carbocycles. The molecule has 80 valence electrons. The largest absolute Gasteiger partial charge is 0.329 e. The van der Waals surface area contributed by atoms with Gasteiger partial charge >= 0.3 is 0 Å². The molecule has 1 aromatic heterocycles. The molecule has 4 N–H and O–H groups in total. The zero-order valence-electron chi connectivity index (χ0n) is 9.01. The van der Waals surface area contributed by atoms with Gasteiger partial charge < -0.3 is 11.1 Å². The van der Waals surface area contributed by atoms with Crippen molar-refractivity contribution in [1.82, 2.24) is 15.5 Å². The van der Waals surface area contributed by atoms with Gasteiger partial charge in [-0.15, -0.1) is 0 Å². The Morgan fingerprint density at radius 3 is 3.00 bits per heavy atom. The van der Waals surface area contributed by atoms with Crippen LogP contribution in [0.2, 0.25) is 0 Å². The van der Waals surface area contributed by atoms with Crippen LogP contribution in [-0.2, 0) is 6.42 Å². The summed E-state index contributed by atoms with van der Waals surface area (Å²) in [4.78, 5) is 0. The van der Waals surface area contributed by atoms with E-state index in [4.69, 9.17) is 5.73 Å². The van der Waals surface area contributed by atoms with Gasteiger partial charge in [0.1, 0.15) is 0 Å². The van der Waals surface area contributed by atoms with E-state index in [0.29, 0.717) is 12.6 Å². The number of nitrogens with zero attached hydrogens (tertiary/aromatic N) is 1. The fourth-order valence-corrected chi connectivity index (χ4v) is 1.34. The topological polar surface area (TPSA) is 66.7 Å². The second kappa shape index (κ2) is 5.78. The van der Waals surface area contributed by atoms with Crippen LogP contribution in [0, 0.1) is 6.92 Å². The van der Waals surface area contributed by atoms with Gasteiger partial charge in [0.2, 0.25) is 0 Å². The van der Waals surface area contributed by atoms with Crippen LogP contribution < -0.4 is 11.1 Å². The Morgan fingerprint density at radius 2 is 2.43 bits per heavy atom. The third-order valence-corrected chi connectivity index (χ3v) is 2.40. The number of aromatic nitrogens is 2. The second-order valence-electron chi connectivity index (χ2n) is 3.71. The fraction of sp³-hybridized carbons (Fsp3) is 0.700. The molecule has 1 rings (SSSR count). The van der Waals surface area contributed by atoms with E-state index in [1.807, 2.05) is 6.20 Å². The lowest BCUT2D eigenvalue weighted by atomic mass is 10.1. The first kappa shape index (κ1) is 11.2. The molecule has 0 saturated heterocycles. The lowest BCUT2D eigenvalue weighted by molar-refractivity contribution is 0.543. The molecule has 1 heterocycles. The maximum Gasteiger partial charge on any atom is 0.0522 e. The maximum atomic E-state index is 5.50. The van der Waals surface area contributed by atoms with Crippen molar-refractivity contribution < 1.29 is 0 Å². The number of hydrogen-bond acceptors (Lipinski definition) is 3.